The highest BCUT2D eigenvalue weighted by Crippen LogP contribution is 2.23. The van der Waals surface area contributed by atoms with Crippen molar-refractivity contribution >= 4 is 11.9 Å². The van der Waals surface area contributed by atoms with E-state index in [1.54, 1.807) is 18.6 Å². The van der Waals surface area contributed by atoms with Crippen LogP contribution in [0.5, 0.6) is 0 Å². The van der Waals surface area contributed by atoms with Crippen molar-refractivity contribution in [2.24, 2.45) is 5.10 Å². The minimum Gasteiger partial charge on any atom is -0.334 e. The molecule has 0 amide bonds. The third kappa shape index (κ3) is 3.20. The first-order valence-electron chi connectivity index (χ1n) is 8.24. The number of benzene rings is 1. The van der Waals surface area contributed by atoms with Crippen molar-refractivity contribution in [2.45, 2.75) is 25.8 Å². The highest BCUT2D eigenvalue weighted by molar-refractivity contribution is 5.79. The Kier molecular flexibility index (Phi) is 4.06. The molecule has 2 aromatic heterocycles. The number of hydrogen-bond donors (Lipinski definition) is 1. The number of anilines is 1. The van der Waals surface area contributed by atoms with Crippen LogP contribution in [0.15, 0.2) is 60.1 Å². The number of rotatable bonds is 4. The summed E-state index contributed by atoms with van der Waals surface area (Å²) in [6.45, 7) is 1.09. The first kappa shape index (κ1) is 14.6. The predicted molar refractivity (Wildman–Crippen MR) is 96.1 cm³/mol. The molecule has 3 aromatic rings. The van der Waals surface area contributed by atoms with Crippen LogP contribution in [-0.2, 0) is 13.0 Å². The van der Waals surface area contributed by atoms with Gasteiger partial charge in [-0.1, -0.05) is 12.1 Å². The summed E-state index contributed by atoms with van der Waals surface area (Å²) in [6.07, 6.45) is 11.0. The highest BCUT2D eigenvalue weighted by atomic mass is 15.3. The molecular formula is C19H19N5. The lowest BCUT2D eigenvalue weighted by atomic mass is 10.1. The second kappa shape index (κ2) is 6.66. The fourth-order valence-electron chi connectivity index (χ4n) is 2.90. The van der Waals surface area contributed by atoms with Gasteiger partial charge in [0.2, 0.25) is 0 Å². The van der Waals surface area contributed by atoms with Crippen molar-refractivity contribution < 1.29 is 0 Å². The Morgan fingerprint density at radius 3 is 2.67 bits per heavy atom. The molecule has 3 heterocycles. The zero-order chi connectivity index (χ0) is 16.2. The van der Waals surface area contributed by atoms with Gasteiger partial charge in [-0.3, -0.25) is 10.4 Å². The maximum absolute atomic E-state index is 4.76. The van der Waals surface area contributed by atoms with Gasteiger partial charge in [0.25, 0.3) is 0 Å². The largest absolute Gasteiger partial charge is 0.334 e. The molecule has 0 saturated carbocycles. The Bertz CT molecular complexity index is 810. The molecule has 5 heteroatoms. The van der Waals surface area contributed by atoms with Gasteiger partial charge in [0.05, 0.1) is 17.6 Å². The van der Waals surface area contributed by atoms with E-state index in [-0.39, 0.29) is 0 Å². The average molecular weight is 317 g/mol. The van der Waals surface area contributed by atoms with Crippen LogP contribution in [0.1, 0.15) is 24.2 Å². The second-order valence-electron chi connectivity index (χ2n) is 5.92. The summed E-state index contributed by atoms with van der Waals surface area (Å²) >= 11 is 0. The minimum atomic E-state index is 0.952. The van der Waals surface area contributed by atoms with Gasteiger partial charge >= 0.3 is 0 Å². The van der Waals surface area contributed by atoms with E-state index < -0.39 is 0 Å². The number of aromatic nitrogens is 3. The quantitative estimate of drug-likeness (QED) is 0.589. The molecule has 5 nitrogen and oxygen atoms in total. The topological polar surface area (TPSA) is 55.1 Å². The lowest BCUT2D eigenvalue weighted by Gasteiger charge is -2.11. The highest BCUT2D eigenvalue weighted by Gasteiger charge is 2.12. The van der Waals surface area contributed by atoms with Crippen LogP contribution in [0.2, 0.25) is 0 Å². The molecule has 120 valence electrons. The van der Waals surface area contributed by atoms with Crippen molar-refractivity contribution in [3.8, 4) is 11.3 Å². The monoisotopic (exact) mass is 317 g/mol. The third-order valence-electron chi connectivity index (χ3n) is 4.20. The summed E-state index contributed by atoms with van der Waals surface area (Å²) in [7, 11) is 0. The molecule has 0 fully saturated rings. The second-order valence-corrected chi connectivity index (χ2v) is 5.92. The number of nitrogens with zero attached hydrogens (tertiary/aromatic N) is 4. The van der Waals surface area contributed by atoms with Crippen LogP contribution in [-0.4, -0.2) is 20.7 Å². The van der Waals surface area contributed by atoms with Crippen LogP contribution < -0.4 is 5.43 Å². The summed E-state index contributed by atoms with van der Waals surface area (Å²) in [6, 6.07) is 12.0. The van der Waals surface area contributed by atoms with E-state index >= 15 is 0 Å². The molecule has 0 aliphatic carbocycles. The van der Waals surface area contributed by atoms with Crippen molar-refractivity contribution in [1.29, 1.82) is 0 Å². The van der Waals surface area contributed by atoms with E-state index in [2.05, 4.69) is 38.4 Å². The molecule has 4 rings (SSSR count). The minimum absolute atomic E-state index is 0.952. The normalized spacial score (nSPS) is 13.8. The Morgan fingerprint density at radius 1 is 1.04 bits per heavy atom. The number of hydrogen-bond acceptors (Lipinski definition) is 4. The van der Waals surface area contributed by atoms with E-state index in [1.807, 2.05) is 24.3 Å². The zero-order valence-electron chi connectivity index (χ0n) is 13.4. The van der Waals surface area contributed by atoms with Crippen LogP contribution in [0.3, 0.4) is 0 Å². The van der Waals surface area contributed by atoms with Crippen molar-refractivity contribution in [2.75, 3.05) is 5.43 Å². The first-order valence-corrected chi connectivity index (χ1v) is 8.24. The summed E-state index contributed by atoms with van der Waals surface area (Å²) in [5.41, 5.74) is 7.20. The van der Waals surface area contributed by atoms with Gasteiger partial charge in [-0.25, -0.2) is 4.98 Å². The van der Waals surface area contributed by atoms with Gasteiger partial charge in [0, 0.05) is 37.1 Å². The number of nitrogens with one attached hydrogen (secondary N) is 1. The summed E-state index contributed by atoms with van der Waals surface area (Å²) < 4.78 is 2.28. The smallest absolute Gasteiger partial charge is 0.109 e. The zero-order valence-corrected chi connectivity index (χ0v) is 13.4. The summed E-state index contributed by atoms with van der Waals surface area (Å²) in [5.74, 6) is 1.21. The van der Waals surface area contributed by atoms with E-state index in [0.717, 1.165) is 35.5 Å². The standard InChI is InChI=1S/C19H19N5/c1-2-12-24-14-18(22-19(24)3-1)16-4-6-17(7-5-16)23-21-13-15-8-10-20-11-9-15/h4-11,13-14,23H,1-3,12H2/b21-13+. The fourth-order valence-corrected chi connectivity index (χ4v) is 2.90. The molecule has 0 spiro atoms. The molecule has 0 bridgehead atoms. The third-order valence-corrected chi connectivity index (χ3v) is 4.20. The molecule has 1 aliphatic rings. The number of hydrazone groups is 1. The molecule has 0 atom stereocenters. The number of fused-ring (bicyclic) bond motifs is 1. The molecule has 1 aliphatic heterocycles. The maximum Gasteiger partial charge on any atom is 0.109 e. The van der Waals surface area contributed by atoms with Gasteiger partial charge < -0.3 is 4.57 Å². The Morgan fingerprint density at radius 2 is 1.88 bits per heavy atom. The molecule has 1 N–H and O–H groups in total. The lowest BCUT2D eigenvalue weighted by Crippen LogP contribution is -2.08. The van der Waals surface area contributed by atoms with Gasteiger partial charge in [-0.2, -0.15) is 5.10 Å². The number of pyridine rings is 1. The Labute approximate surface area is 141 Å². The van der Waals surface area contributed by atoms with Crippen molar-refractivity contribution in [1.82, 2.24) is 14.5 Å². The molecule has 0 unspecified atom stereocenters. The maximum atomic E-state index is 4.76. The predicted octanol–water partition coefficient (Wildman–Crippen LogP) is 3.73. The van der Waals surface area contributed by atoms with Crippen LogP contribution in [0.4, 0.5) is 5.69 Å². The number of aryl methyl sites for hydroxylation is 2. The fraction of sp³-hybridized carbons (Fsp3) is 0.211. The van der Waals surface area contributed by atoms with E-state index in [1.165, 1.54) is 18.7 Å². The van der Waals surface area contributed by atoms with Gasteiger partial charge in [-0.05, 0) is 42.7 Å². The van der Waals surface area contributed by atoms with E-state index in [9.17, 15) is 0 Å². The van der Waals surface area contributed by atoms with E-state index in [0.29, 0.717) is 0 Å². The average Bonchev–Trinajstić information content (AvgIpc) is 3.07. The van der Waals surface area contributed by atoms with Crippen molar-refractivity contribution in [3.63, 3.8) is 0 Å². The Balaban J connectivity index is 1.45. The van der Waals surface area contributed by atoms with Gasteiger partial charge in [0.15, 0.2) is 0 Å². The molecule has 1 aromatic carbocycles. The Hall–Kier alpha value is -2.95. The van der Waals surface area contributed by atoms with Gasteiger partial charge in [-0.15, -0.1) is 0 Å². The first-order chi connectivity index (χ1) is 11.9. The molecule has 24 heavy (non-hydrogen) atoms. The van der Waals surface area contributed by atoms with Crippen LogP contribution in [0, 0.1) is 0 Å². The van der Waals surface area contributed by atoms with E-state index in [4.69, 9.17) is 4.98 Å². The van der Waals surface area contributed by atoms with Crippen LogP contribution in [0.25, 0.3) is 11.3 Å². The SMILES string of the molecule is C(=N\Nc1ccc(-c2cn3c(n2)CCCC3)cc1)/c1ccncc1. The van der Waals surface area contributed by atoms with Gasteiger partial charge in [0.1, 0.15) is 5.82 Å². The lowest BCUT2D eigenvalue weighted by molar-refractivity contribution is 0.522. The summed E-state index contributed by atoms with van der Waals surface area (Å²) in [4.78, 5) is 8.74. The summed E-state index contributed by atoms with van der Waals surface area (Å²) in [5, 5.41) is 4.24. The molecule has 0 radical (unpaired) electrons. The van der Waals surface area contributed by atoms with Crippen molar-refractivity contribution in [3.05, 3.63) is 66.4 Å². The van der Waals surface area contributed by atoms with Crippen LogP contribution >= 0.6 is 0 Å². The molecular weight excluding hydrogens is 298 g/mol. The molecule has 0 saturated heterocycles. The number of imidazole rings is 1.